The normalized spacial score (nSPS) is 10.7. The number of amides is 1. The van der Waals surface area contributed by atoms with Gasteiger partial charge in [-0.3, -0.25) is 4.79 Å². The van der Waals surface area contributed by atoms with Gasteiger partial charge in [-0.2, -0.15) is 0 Å². The second-order valence-corrected chi connectivity index (χ2v) is 8.37. The molecule has 0 bridgehead atoms. The monoisotopic (exact) mass is 444 g/mol. The Labute approximate surface area is 198 Å². The van der Waals surface area contributed by atoms with E-state index in [2.05, 4.69) is 58.1 Å². The lowest BCUT2D eigenvalue weighted by atomic mass is 10.00. The van der Waals surface area contributed by atoms with E-state index in [-0.39, 0.29) is 5.91 Å². The number of nitrogens with zero attached hydrogens (tertiary/aromatic N) is 2. The molecular weight excluding hydrogens is 408 g/mol. The molecular formula is C28H36N4O. The van der Waals surface area contributed by atoms with Crippen molar-refractivity contribution >= 4 is 11.7 Å². The van der Waals surface area contributed by atoms with Crippen LogP contribution in [0.25, 0.3) is 22.4 Å². The van der Waals surface area contributed by atoms with E-state index in [1.165, 1.54) is 12.8 Å². The summed E-state index contributed by atoms with van der Waals surface area (Å²) in [6, 6.07) is 22.6. The van der Waals surface area contributed by atoms with Gasteiger partial charge in [0.2, 0.25) is 5.91 Å². The maximum absolute atomic E-state index is 11.8. The lowest BCUT2D eigenvalue weighted by Crippen LogP contribution is -2.24. The van der Waals surface area contributed by atoms with E-state index in [1.807, 2.05) is 36.4 Å². The molecule has 2 aromatic carbocycles. The Bertz CT molecular complexity index is 960. The van der Waals surface area contributed by atoms with Crippen LogP contribution in [0, 0.1) is 0 Å². The predicted octanol–water partition coefficient (Wildman–Crippen LogP) is 6.48. The van der Waals surface area contributed by atoms with Gasteiger partial charge in [0.15, 0.2) is 0 Å². The Kier molecular flexibility index (Phi) is 10.4. The van der Waals surface area contributed by atoms with Gasteiger partial charge in [0, 0.05) is 30.6 Å². The predicted molar refractivity (Wildman–Crippen MR) is 137 cm³/mol. The number of anilines is 1. The van der Waals surface area contributed by atoms with Crippen LogP contribution >= 0.6 is 0 Å². The highest BCUT2D eigenvalue weighted by Crippen LogP contribution is 2.31. The maximum Gasteiger partial charge on any atom is 0.219 e. The number of unbranched alkanes of at least 4 members (excludes halogenated alkanes) is 5. The zero-order chi connectivity index (χ0) is 23.1. The molecule has 5 nitrogen and oxygen atoms in total. The number of benzene rings is 2. The maximum atomic E-state index is 11.8. The summed E-state index contributed by atoms with van der Waals surface area (Å²) in [5.41, 5.74) is 4.14. The highest BCUT2D eigenvalue weighted by atomic mass is 16.1. The van der Waals surface area contributed by atoms with Crippen LogP contribution in [0.4, 0.5) is 5.82 Å². The van der Waals surface area contributed by atoms with Gasteiger partial charge >= 0.3 is 0 Å². The minimum absolute atomic E-state index is 0.187. The molecule has 0 atom stereocenters. The molecule has 3 aromatic rings. The van der Waals surface area contributed by atoms with Gasteiger partial charge in [-0.15, -0.1) is 10.2 Å². The Morgan fingerprint density at radius 2 is 1.42 bits per heavy atom. The Hall–Kier alpha value is -3.21. The van der Waals surface area contributed by atoms with Crippen LogP contribution in [0.5, 0.6) is 0 Å². The third-order valence-electron chi connectivity index (χ3n) is 5.67. The summed E-state index contributed by atoms with van der Waals surface area (Å²) in [7, 11) is 0. The Morgan fingerprint density at radius 1 is 0.758 bits per heavy atom. The van der Waals surface area contributed by atoms with Crippen LogP contribution in [0.15, 0.2) is 66.7 Å². The molecule has 3 rings (SSSR count). The molecule has 0 spiro atoms. The topological polar surface area (TPSA) is 66.9 Å². The van der Waals surface area contributed by atoms with Crippen LogP contribution < -0.4 is 10.6 Å². The van der Waals surface area contributed by atoms with E-state index in [9.17, 15) is 4.79 Å². The van der Waals surface area contributed by atoms with E-state index in [1.54, 1.807) is 0 Å². The average molecular weight is 445 g/mol. The molecule has 0 saturated carbocycles. The van der Waals surface area contributed by atoms with Crippen molar-refractivity contribution < 1.29 is 4.79 Å². The SMILES string of the molecule is CCCCCCC(=O)NCCCCCNc1cc(-c2ccccc2)c(-c2ccccc2)nn1. The van der Waals surface area contributed by atoms with Crippen molar-refractivity contribution in [2.45, 2.75) is 58.3 Å². The number of aromatic nitrogens is 2. The van der Waals surface area contributed by atoms with E-state index in [4.69, 9.17) is 0 Å². The number of hydrogen-bond acceptors (Lipinski definition) is 4. The van der Waals surface area contributed by atoms with Gasteiger partial charge in [0.1, 0.15) is 11.5 Å². The molecule has 0 aliphatic carbocycles. The second-order valence-electron chi connectivity index (χ2n) is 8.37. The standard InChI is InChI=1S/C28H36N4O/c1-2-3-4-12-19-27(33)30-21-14-7-13-20-29-26-22-25(23-15-8-5-9-16-23)28(32-31-26)24-17-10-6-11-18-24/h5-6,8-11,15-18,22H,2-4,7,12-14,19-21H2,1H3,(H,29,31)(H,30,33). The van der Waals surface area contributed by atoms with Crippen molar-refractivity contribution in [1.29, 1.82) is 0 Å². The van der Waals surface area contributed by atoms with E-state index >= 15 is 0 Å². The largest absolute Gasteiger partial charge is 0.369 e. The summed E-state index contributed by atoms with van der Waals surface area (Å²) in [5.74, 6) is 0.973. The minimum atomic E-state index is 0.187. The molecule has 0 aliphatic heterocycles. The summed E-state index contributed by atoms with van der Waals surface area (Å²) in [6.07, 6.45) is 8.30. The van der Waals surface area contributed by atoms with Crippen LogP contribution in [0.1, 0.15) is 58.3 Å². The average Bonchev–Trinajstić information content (AvgIpc) is 2.87. The number of carbonyl (C=O) groups excluding carboxylic acids is 1. The zero-order valence-electron chi connectivity index (χ0n) is 19.7. The van der Waals surface area contributed by atoms with Gasteiger partial charge in [-0.25, -0.2) is 0 Å². The van der Waals surface area contributed by atoms with Crippen molar-refractivity contribution in [1.82, 2.24) is 15.5 Å². The van der Waals surface area contributed by atoms with Crippen LogP contribution in [-0.2, 0) is 4.79 Å². The Balaban J connectivity index is 1.46. The summed E-state index contributed by atoms with van der Waals surface area (Å²) < 4.78 is 0. The van der Waals surface area contributed by atoms with Gasteiger partial charge in [0.25, 0.3) is 0 Å². The molecule has 0 saturated heterocycles. The van der Waals surface area contributed by atoms with Gasteiger partial charge < -0.3 is 10.6 Å². The quantitative estimate of drug-likeness (QED) is 0.279. The first-order valence-corrected chi connectivity index (χ1v) is 12.3. The molecule has 0 fully saturated rings. The summed E-state index contributed by atoms with van der Waals surface area (Å²) in [6.45, 7) is 3.78. The van der Waals surface area contributed by atoms with Crippen molar-refractivity contribution in [2.24, 2.45) is 0 Å². The fourth-order valence-corrected chi connectivity index (χ4v) is 3.80. The zero-order valence-corrected chi connectivity index (χ0v) is 19.7. The molecule has 174 valence electrons. The second kappa shape index (κ2) is 14.0. The number of carbonyl (C=O) groups is 1. The molecule has 2 N–H and O–H groups in total. The van der Waals surface area contributed by atoms with Gasteiger partial charge in [-0.05, 0) is 37.3 Å². The minimum Gasteiger partial charge on any atom is -0.369 e. The smallest absolute Gasteiger partial charge is 0.219 e. The molecule has 33 heavy (non-hydrogen) atoms. The molecule has 5 heteroatoms. The first kappa shape index (κ1) is 24.4. The lowest BCUT2D eigenvalue weighted by Gasteiger charge is -2.12. The third kappa shape index (κ3) is 8.33. The van der Waals surface area contributed by atoms with Crippen molar-refractivity contribution in [3.05, 3.63) is 66.7 Å². The highest BCUT2D eigenvalue weighted by molar-refractivity contribution is 5.81. The highest BCUT2D eigenvalue weighted by Gasteiger charge is 2.11. The fourth-order valence-electron chi connectivity index (χ4n) is 3.80. The van der Waals surface area contributed by atoms with E-state index in [0.717, 1.165) is 73.4 Å². The van der Waals surface area contributed by atoms with Crippen molar-refractivity contribution in [3.63, 3.8) is 0 Å². The third-order valence-corrected chi connectivity index (χ3v) is 5.67. The van der Waals surface area contributed by atoms with Crippen molar-refractivity contribution in [2.75, 3.05) is 18.4 Å². The number of hydrogen-bond donors (Lipinski definition) is 2. The molecule has 1 amide bonds. The van der Waals surface area contributed by atoms with Crippen LogP contribution in [0.2, 0.25) is 0 Å². The van der Waals surface area contributed by atoms with Gasteiger partial charge in [-0.1, -0.05) is 86.8 Å². The van der Waals surface area contributed by atoms with E-state index in [0.29, 0.717) is 6.42 Å². The molecule has 0 unspecified atom stereocenters. The van der Waals surface area contributed by atoms with Crippen LogP contribution in [0.3, 0.4) is 0 Å². The van der Waals surface area contributed by atoms with Crippen LogP contribution in [-0.4, -0.2) is 29.2 Å². The summed E-state index contributed by atoms with van der Waals surface area (Å²) >= 11 is 0. The molecule has 0 aliphatic rings. The summed E-state index contributed by atoms with van der Waals surface area (Å²) in [4.78, 5) is 11.8. The lowest BCUT2D eigenvalue weighted by molar-refractivity contribution is -0.121. The number of nitrogens with one attached hydrogen (secondary N) is 2. The number of rotatable bonds is 14. The van der Waals surface area contributed by atoms with E-state index < -0.39 is 0 Å². The van der Waals surface area contributed by atoms with Crippen molar-refractivity contribution in [3.8, 4) is 22.4 Å². The first-order valence-electron chi connectivity index (χ1n) is 12.3. The fraction of sp³-hybridized carbons (Fsp3) is 0.393. The molecule has 1 heterocycles. The molecule has 0 radical (unpaired) electrons. The van der Waals surface area contributed by atoms with Gasteiger partial charge in [0.05, 0.1) is 0 Å². The first-order chi connectivity index (χ1) is 16.3. The molecule has 1 aromatic heterocycles. The Morgan fingerprint density at radius 3 is 2.15 bits per heavy atom. The summed E-state index contributed by atoms with van der Waals surface area (Å²) in [5, 5.41) is 15.4.